The molecule has 2 heterocycles. The summed E-state index contributed by atoms with van der Waals surface area (Å²) in [5.41, 5.74) is 4.65. The van der Waals surface area contributed by atoms with Crippen LogP contribution in [0.2, 0.25) is 0 Å². The van der Waals surface area contributed by atoms with Gasteiger partial charge in [-0.15, -0.1) is 0 Å². The van der Waals surface area contributed by atoms with Gasteiger partial charge in [0.2, 0.25) is 0 Å². The lowest BCUT2D eigenvalue weighted by Crippen LogP contribution is -2.34. The maximum atomic E-state index is 11.1. The smallest absolute Gasteiger partial charge is 0.126 e. The number of piperidine rings is 1. The molecule has 0 spiro atoms. The van der Waals surface area contributed by atoms with E-state index >= 15 is 0 Å². The third kappa shape index (κ3) is 4.28. The minimum Gasteiger partial charge on any atom is -0.508 e. The topological polar surface area (TPSA) is 59.0 Å². The molecule has 1 unspecified atom stereocenters. The van der Waals surface area contributed by atoms with Gasteiger partial charge in [-0.1, -0.05) is 30.3 Å². The van der Waals surface area contributed by atoms with Crippen molar-refractivity contribution in [2.24, 2.45) is 5.92 Å². The fourth-order valence-corrected chi connectivity index (χ4v) is 5.16. The zero-order chi connectivity index (χ0) is 22.8. The molecule has 1 saturated heterocycles. The summed E-state index contributed by atoms with van der Waals surface area (Å²) in [6.45, 7) is 2.35. The Morgan fingerprint density at radius 3 is 2.52 bits per heavy atom. The summed E-state index contributed by atoms with van der Waals surface area (Å²) < 4.78 is 11.6. The Morgan fingerprint density at radius 2 is 1.79 bits per heavy atom. The van der Waals surface area contributed by atoms with E-state index in [2.05, 4.69) is 41.3 Å². The Balaban J connectivity index is 1.49. The van der Waals surface area contributed by atoms with Crippen molar-refractivity contribution in [3.8, 4) is 17.2 Å². The average Bonchev–Trinajstić information content (AvgIpc) is 2.88. The highest BCUT2D eigenvalue weighted by Crippen LogP contribution is 2.47. The summed E-state index contributed by atoms with van der Waals surface area (Å²) in [5.74, 6) is 2.18. The van der Waals surface area contributed by atoms with Gasteiger partial charge in [-0.3, -0.25) is 0 Å². The molecule has 170 valence electrons. The van der Waals surface area contributed by atoms with Gasteiger partial charge in [0, 0.05) is 48.2 Å². The van der Waals surface area contributed by atoms with Crippen LogP contribution in [-0.2, 0) is 4.79 Å². The van der Waals surface area contributed by atoms with E-state index in [9.17, 15) is 9.90 Å². The standard InChI is InChI=1S/C28H29NO4/c1-32-24-4-2-3-21(15-24)26-18-33-27-16-23(31)9-10-25(27)28(26)20-5-7-22(8-6-20)29-13-11-19(17-30)12-14-29/h2-10,15-17,19,26,28,31H,11-14,18H2,1H3/t26-,28?/m1/s1. The molecule has 0 radical (unpaired) electrons. The molecule has 1 N–H and O–H groups in total. The van der Waals surface area contributed by atoms with E-state index in [1.807, 2.05) is 18.2 Å². The van der Waals surface area contributed by atoms with Crippen molar-refractivity contribution in [3.63, 3.8) is 0 Å². The first-order chi connectivity index (χ1) is 16.2. The van der Waals surface area contributed by atoms with Gasteiger partial charge in [0.1, 0.15) is 23.5 Å². The third-order valence-corrected chi connectivity index (χ3v) is 7.02. The molecule has 2 aliphatic heterocycles. The number of nitrogens with zero attached hydrogens (tertiary/aromatic N) is 1. The van der Waals surface area contributed by atoms with E-state index < -0.39 is 0 Å². The fourth-order valence-electron chi connectivity index (χ4n) is 5.16. The molecular weight excluding hydrogens is 414 g/mol. The van der Waals surface area contributed by atoms with Crippen LogP contribution in [0.5, 0.6) is 17.2 Å². The van der Waals surface area contributed by atoms with Crippen molar-refractivity contribution >= 4 is 12.0 Å². The molecule has 5 nitrogen and oxygen atoms in total. The second-order valence-electron chi connectivity index (χ2n) is 8.95. The van der Waals surface area contributed by atoms with Gasteiger partial charge in [-0.05, 0) is 54.3 Å². The summed E-state index contributed by atoms with van der Waals surface area (Å²) >= 11 is 0. The monoisotopic (exact) mass is 443 g/mol. The Kier molecular flexibility index (Phi) is 5.95. The number of benzene rings is 3. The third-order valence-electron chi connectivity index (χ3n) is 7.02. The molecule has 0 bridgehead atoms. The Bertz CT molecular complexity index is 1120. The predicted octanol–water partition coefficient (Wildman–Crippen LogP) is 5.12. The number of ether oxygens (including phenoxy) is 2. The van der Waals surface area contributed by atoms with Crippen LogP contribution in [-0.4, -0.2) is 38.2 Å². The number of anilines is 1. The summed E-state index contributed by atoms with van der Waals surface area (Å²) in [7, 11) is 1.68. The largest absolute Gasteiger partial charge is 0.508 e. The maximum Gasteiger partial charge on any atom is 0.126 e. The summed E-state index contributed by atoms with van der Waals surface area (Å²) in [5, 5.41) is 9.99. The number of aldehydes is 1. The van der Waals surface area contributed by atoms with E-state index in [1.54, 1.807) is 19.2 Å². The van der Waals surface area contributed by atoms with E-state index in [1.165, 1.54) is 11.3 Å². The number of phenolic OH excluding ortho intramolecular Hbond substituents is 1. The maximum absolute atomic E-state index is 11.1. The summed E-state index contributed by atoms with van der Waals surface area (Å²) in [6.07, 6.45) is 2.93. The zero-order valence-electron chi connectivity index (χ0n) is 18.8. The molecule has 5 heteroatoms. The normalized spacial score (nSPS) is 20.6. The highest BCUT2D eigenvalue weighted by Gasteiger charge is 2.34. The molecule has 2 aliphatic rings. The van der Waals surface area contributed by atoms with Gasteiger partial charge in [0.15, 0.2) is 0 Å². The second-order valence-corrected chi connectivity index (χ2v) is 8.95. The fraction of sp³-hybridized carbons (Fsp3) is 0.321. The number of hydrogen-bond acceptors (Lipinski definition) is 5. The molecule has 33 heavy (non-hydrogen) atoms. The first-order valence-electron chi connectivity index (χ1n) is 11.6. The molecule has 2 atom stereocenters. The molecular formula is C28H29NO4. The van der Waals surface area contributed by atoms with Crippen LogP contribution in [0.25, 0.3) is 0 Å². The number of aromatic hydroxyl groups is 1. The van der Waals surface area contributed by atoms with Crippen LogP contribution in [0.1, 0.15) is 41.4 Å². The average molecular weight is 444 g/mol. The van der Waals surface area contributed by atoms with Gasteiger partial charge >= 0.3 is 0 Å². The van der Waals surface area contributed by atoms with Gasteiger partial charge in [-0.2, -0.15) is 0 Å². The van der Waals surface area contributed by atoms with Crippen molar-refractivity contribution in [2.45, 2.75) is 24.7 Å². The predicted molar refractivity (Wildman–Crippen MR) is 129 cm³/mol. The van der Waals surface area contributed by atoms with Crippen molar-refractivity contribution in [1.82, 2.24) is 0 Å². The molecule has 3 aromatic carbocycles. The van der Waals surface area contributed by atoms with Crippen LogP contribution in [0, 0.1) is 5.92 Å². The molecule has 1 fully saturated rings. The summed E-state index contributed by atoms with van der Waals surface area (Å²) in [4.78, 5) is 13.4. The zero-order valence-corrected chi connectivity index (χ0v) is 18.8. The lowest BCUT2D eigenvalue weighted by molar-refractivity contribution is -0.111. The Morgan fingerprint density at radius 1 is 1.00 bits per heavy atom. The van der Waals surface area contributed by atoms with Crippen molar-refractivity contribution in [3.05, 3.63) is 83.4 Å². The Labute approximate surface area is 194 Å². The number of fused-ring (bicyclic) bond motifs is 1. The quantitative estimate of drug-likeness (QED) is 0.555. The van der Waals surface area contributed by atoms with Crippen molar-refractivity contribution < 1.29 is 19.4 Å². The number of methoxy groups -OCH3 is 1. The van der Waals surface area contributed by atoms with E-state index in [4.69, 9.17) is 9.47 Å². The second kappa shape index (κ2) is 9.18. The minimum absolute atomic E-state index is 0.0938. The number of rotatable bonds is 5. The van der Waals surface area contributed by atoms with Crippen LogP contribution < -0.4 is 14.4 Å². The van der Waals surface area contributed by atoms with Gasteiger partial charge < -0.3 is 24.3 Å². The van der Waals surface area contributed by atoms with Crippen molar-refractivity contribution in [1.29, 1.82) is 0 Å². The Hall–Kier alpha value is -3.47. The lowest BCUT2D eigenvalue weighted by Gasteiger charge is -2.35. The number of carbonyl (C=O) groups is 1. The van der Waals surface area contributed by atoms with E-state index in [-0.39, 0.29) is 23.5 Å². The van der Waals surface area contributed by atoms with Crippen LogP contribution >= 0.6 is 0 Å². The van der Waals surface area contributed by atoms with Crippen LogP contribution in [0.4, 0.5) is 5.69 Å². The molecule has 5 rings (SSSR count). The number of hydrogen-bond donors (Lipinski definition) is 1. The highest BCUT2D eigenvalue weighted by atomic mass is 16.5. The molecule has 0 aromatic heterocycles. The van der Waals surface area contributed by atoms with Gasteiger partial charge in [0.25, 0.3) is 0 Å². The van der Waals surface area contributed by atoms with Crippen LogP contribution in [0.3, 0.4) is 0 Å². The van der Waals surface area contributed by atoms with Gasteiger partial charge in [-0.25, -0.2) is 0 Å². The van der Waals surface area contributed by atoms with Crippen LogP contribution in [0.15, 0.2) is 66.7 Å². The highest BCUT2D eigenvalue weighted by molar-refractivity contribution is 5.57. The minimum atomic E-state index is 0.0938. The van der Waals surface area contributed by atoms with E-state index in [0.717, 1.165) is 54.8 Å². The first-order valence-corrected chi connectivity index (χ1v) is 11.6. The lowest BCUT2D eigenvalue weighted by atomic mass is 9.76. The molecule has 0 aliphatic carbocycles. The molecule has 3 aromatic rings. The van der Waals surface area contributed by atoms with Gasteiger partial charge in [0.05, 0.1) is 13.7 Å². The van der Waals surface area contributed by atoms with Crippen molar-refractivity contribution in [2.75, 3.05) is 31.7 Å². The number of carbonyl (C=O) groups excluding carboxylic acids is 1. The summed E-state index contributed by atoms with van der Waals surface area (Å²) in [6, 6.07) is 22.4. The first kappa shape index (κ1) is 21.4. The number of phenols is 1. The molecule has 0 saturated carbocycles. The SMILES string of the molecule is COc1cccc([C@H]2COc3cc(O)ccc3C2c2ccc(N3CCC(C=O)CC3)cc2)c1. The van der Waals surface area contributed by atoms with E-state index in [0.29, 0.717) is 6.61 Å². The molecule has 0 amide bonds.